The maximum atomic E-state index is 11.9. The van der Waals surface area contributed by atoms with Crippen molar-refractivity contribution in [2.24, 2.45) is 0 Å². The van der Waals surface area contributed by atoms with E-state index < -0.39 is 0 Å². The van der Waals surface area contributed by atoms with E-state index in [9.17, 15) is 4.79 Å². The van der Waals surface area contributed by atoms with E-state index in [-0.39, 0.29) is 24.0 Å². The molecule has 0 aliphatic carbocycles. The van der Waals surface area contributed by atoms with Crippen LogP contribution in [0.3, 0.4) is 0 Å². The SMILES string of the molecule is CC(C)N1C(=O)NC(=N)C1c1ccc2c(c1)CCO2. The molecular weight excluding hydrogens is 242 g/mol. The Morgan fingerprint density at radius 3 is 3.00 bits per heavy atom. The number of benzene rings is 1. The lowest BCUT2D eigenvalue weighted by Gasteiger charge is -2.26. The second-order valence-electron chi connectivity index (χ2n) is 5.21. The lowest BCUT2D eigenvalue weighted by atomic mass is 10.0. The van der Waals surface area contributed by atoms with Crippen molar-refractivity contribution in [1.29, 1.82) is 5.41 Å². The number of nitrogens with one attached hydrogen (secondary N) is 2. The number of hydrogen-bond acceptors (Lipinski definition) is 3. The molecule has 2 aliphatic heterocycles. The van der Waals surface area contributed by atoms with Crippen LogP contribution in [0, 0.1) is 5.41 Å². The first kappa shape index (κ1) is 12.0. The first-order valence-corrected chi connectivity index (χ1v) is 6.51. The zero-order chi connectivity index (χ0) is 13.6. The van der Waals surface area contributed by atoms with Crippen LogP contribution in [-0.2, 0) is 6.42 Å². The first-order valence-electron chi connectivity index (χ1n) is 6.51. The molecule has 1 aromatic carbocycles. The number of amides is 2. The number of urea groups is 1. The van der Waals surface area contributed by atoms with Crippen LogP contribution in [0.5, 0.6) is 5.75 Å². The summed E-state index contributed by atoms with van der Waals surface area (Å²) in [6.07, 6.45) is 0.895. The van der Waals surface area contributed by atoms with Gasteiger partial charge in [-0.05, 0) is 37.1 Å². The zero-order valence-corrected chi connectivity index (χ0v) is 11.1. The van der Waals surface area contributed by atoms with Crippen molar-refractivity contribution in [3.63, 3.8) is 0 Å². The molecule has 2 amide bonds. The number of fused-ring (bicyclic) bond motifs is 1. The average molecular weight is 259 g/mol. The Bertz CT molecular complexity index is 554. The van der Waals surface area contributed by atoms with Crippen LogP contribution in [0.15, 0.2) is 18.2 Å². The molecule has 5 heteroatoms. The second kappa shape index (κ2) is 4.26. The van der Waals surface area contributed by atoms with Gasteiger partial charge in [-0.2, -0.15) is 0 Å². The van der Waals surface area contributed by atoms with Crippen molar-refractivity contribution >= 4 is 11.9 Å². The molecule has 0 saturated carbocycles. The fourth-order valence-corrected chi connectivity index (χ4v) is 2.74. The molecule has 1 atom stereocenters. The molecule has 19 heavy (non-hydrogen) atoms. The van der Waals surface area contributed by atoms with Crippen LogP contribution in [-0.4, -0.2) is 29.4 Å². The molecule has 0 bridgehead atoms. The largest absolute Gasteiger partial charge is 0.493 e. The first-order chi connectivity index (χ1) is 9.08. The Balaban J connectivity index is 2.00. The maximum Gasteiger partial charge on any atom is 0.323 e. The number of amidine groups is 1. The van der Waals surface area contributed by atoms with Crippen molar-refractivity contribution in [3.8, 4) is 5.75 Å². The van der Waals surface area contributed by atoms with E-state index >= 15 is 0 Å². The Hall–Kier alpha value is -2.04. The van der Waals surface area contributed by atoms with E-state index in [0.717, 1.165) is 23.3 Å². The van der Waals surface area contributed by atoms with Gasteiger partial charge in [0.25, 0.3) is 0 Å². The molecule has 5 nitrogen and oxygen atoms in total. The van der Waals surface area contributed by atoms with Gasteiger partial charge in [0.1, 0.15) is 17.6 Å². The van der Waals surface area contributed by atoms with Gasteiger partial charge in [-0.25, -0.2) is 4.79 Å². The highest BCUT2D eigenvalue weighted by atomic mass is 16.5. The van der Waals surface area contributed by atoms with E-state index in [1.54, 1.807) is 4.90 Å². The lowest BCUT2D eigenvalue weighted by Crippen LogP contribution is -2.35. The summed E-state index contributed by atoms with van der Waals surface area (Å²) < 4.78 is 5.49. The molecule has 100 valence electrons. The predicted molar refractivity (Wildman–Crippen MR) is 71.6 cm³/mol. The summed E-state index contributed by atoms with van der Waals surface area (Å²) in [7, 11) is 0. The summed E-state index contributed by atoms with van der Waals surface area (Å²) >= 11 is 0. The standard InChI is InChI=1S/C14H17N3O2/c1-8(2)17-12(13(15)16-14(17)18)10-3-4-11-9(7-10)5-6-19-11/h3-4,7-8,12H,5-6H2,1-2H3,(H2,15,16,18). The molecule has 1 aromatic rings. The zero-order valence-electron chi connectivity index (χ0n) is 11.1. The smallest absolute Gasteiger partial charge is 0.323 e. The fourth-order valence-electron chi connectivity index (χ4n) is 2.74. The number of rotatable bonds is 2. The average Bonchev–Trinajstić information content (AvgIpc) is 2.91. The van der Waals surface area contributed by atoms with Gasteiger partial charge in [0, 0.05) is 12.5 Å². The fraction of sp³-hybridized carbons (Fsp3) is 0.429. The minimum atomic E-state index is -0.307. The van der Waals surface area contributed by atoms with E-state index in [2.05, 4.69) is 11.4 Å². The molecule has 1 fully saturated rings. The number of ether oxygens (including phenoxy) is 1. The van der Waals surface area contributed by atoms with Crippen LogP contribution >= 0.6 is 0 Å². The van der Waals surface area contributed by atoms with Gasteiger partial charge in [0.2, 0.25) is 0 Å². The van der Waals surface area contributed by atoms with Crippen molar-refractivity contribution < 1.29 is 9.53 Å². The van der Waals surface area contributed by atoms with E-state index in [1.807, 2.05) is 26.0 Å². The number of carbonyl (C=O) groups is 1. The molecule has 1 unspecified atom stereocenters. The molecule has 0 aromatic heterocycles. The van der Waals surface area contributed by atoms with Gasteiger partial charge in [-0.1, -0.05) is 6.07 Å². The third-order valence-electron chi connectivity index (χ3n) is 3.61. The molecule has 0 radical (unpaired) electrons. The van der Waals surface area contributed by atoms with E-state index in [0.29, 0.717) is 6.61 Å². The van der Waals surface area contributed by atoms with Gasteiger partial charge in [0.05, 0.1) is 6.61 Å². The highest BCUT2D eigenvalue weighted by Gasteiger charge is 2.38. The summed E-state index contributed by atoms with van der Waals surface area (Å²) in [6, 6.07) is 5.49. The minimum Gasteiger partial charge on any atom is -0.493 e. The highest BCUT2D eigenvalue weighted by molar-refractivity contribution is 6.06. The number of nitrogens with zero attached hydrogens (tertiary/aromatic N) is 1. The Morgan fingerprint density at radius 1 is 1.47 bits per heavy atom. The van der Waals surface area contributed by atoms with Crippen molar-refractivity contribution in [2.45, 2.75) is 32.4 Å². The molecule has 1 saturated heterocycles. The van der Waals surface area contributed by atoms with Crippen molar-refractivity contribution in [3.05, 3.63) is 29.3 Å². The molecule has 2 N–H and O–H groups in total. The van der Waals surface area contributed by atoms with Crippen LogP contribution < -0.4 is 10.1 Å². The third-order valence-corrected chi connectivity index (χ3v) is 3.61. The van der Waals surface area contributed by atoms with E-state index in [4.69, 9.17) is 10.1 Å². The third kappa shape index (κ3) is 1.85. The maximum absolute atomic E-state index is 11.9. The molecule has 2 heterocycles. The minimum absolute atomic E-state index is 0.0531. The lowest BCUT2D eigenvalue weighted by molar-refractivity contribution is 0.190. The van der Waals surface area contributed by atoms with Crippen LogP contribution in [0.2, 0.25) is 0 Å². The molecular formula is C14H17N3O2. The number of carbonyl (C=O) groups excluding carboxylic acids is 1. The van der Waals surface area contributed by atoms with Gasteiger partial charge < -0.3 is 9.64 Å². The van der Waals surface area contributed by atoms with Crippen molar-refractivity contribution in [2.75, 3.05) is 6.61 Å². The summed E-state index contributed by atoms with van der Waals surface area (Å²) in [5.74, 6) is 1.17. The van der Waals surface area contributed by atoms with Gasteiger partial charge in [-0.3, -0.25) is 10.7 Å². The van der Waals surface area contributed by atoms with Crippen molar-refractivity contribution in [1.82, 2.24) is 10.2 Å². The Kier molecular flexibility index (Phi) is 2.69. The quantitative estimate of drug-likeness (QED) is 0.854. The van der Waals surface area contributed by atoms with Crippen LogP contribution in [0.25, 0.3) is 0 Å². The van der Waals surface area contributed by atoms with Crippen LogP contribution in [0.4, 0.5) is 4.79 Å². The van der Waals surface area contributed by atoms with Gasteiger partial charge >= 0.3 is 6.03 Å². The van der Waals surface area contributed by atoms with Crippen LogP contribution in [0.1, 0.15) is 31.0 Å². The summed E-state index contributed by atoms with van der Waals surface area (Å²) in [4.78, 5) is 13.6. The Labute approximate surface area is 112 Å². The predicted octanol–water partition coefficient (Wildman–Crippen LogP) is 2.07. The Morgan fingerprint density at radius 2 is 2.26 bits per heavy atom. The number of hydrogen-bond donors (Lipinski definition) is 2. The normalized spacial score (nSPS) is 21.6. The molecule has 3 rings (SSSR count). The summed E-state index contributed by atoms with van der Waals surface area (Å²) in [5, 5.41) is 10.6. The monoisotopic (exact) mass is 259 g/mol. The highest BCUT2D eigenvalue weighted by Crippen LogP contribution is 2.33. The molecule has 0 spiro atoms. The van der Waals surface area contributed by atoms with Gasteiger partial charge in [-0.15, -0.1) is 0 Å². The van der Waals surface area contributed by atoms with E-state index in [1.165, 1.54) is 0 Å². The second-order valence-corrected chi connectivity index (χ2v) is 5.21. The van der Waals surface area contributed by atoms with Gasteiger partial charge in [0.15, 0.2) is 0 Å². The summed E-state index contributed by atoms with van der Waals surface area (Å²) in [5.41, 5.74) is 2.13. The summed E-state index contributed by atoms with van der Waals surface area (Å²) in [6.45, 7) is 4.63. The molecule has 2 aliphatic rings. The topological polar surface area (TPSA) is 65.4 Å².